The van der Waals surface area contributed by atoms with Gasteiger partial charge in [0, 0.05) is 32.1 Å². The Morgan fingerprint density at radius 3 is 2.05 bits per heavy atom. The number of carbonyl (C=O) groups is 8. The van der Waals surface area contributed by atoms with Crippen LogP contribution in [0.3, 0.4) is 0 Å². The van der Waals surface area contributed by atoms with Gasteiger partial charge in [0.1, 0.15) is 30.2 Å². The number of piperidine rings is 2. The van der Waals surface area contributed by atoms with E-state index in [1.807, 2.05) is 37.3 Å². The molecule has 3 aliphatic rings. The number of likely N-dealkylation sites (tertiary alicyclic amines) is 1. The van der Waals surface area contributed by atoms with Gasteiger partial charge in [-0.05, 0) is 123 Å². The molecule has 0 spiro atoms. The van der Waals surface area contributed by atoms with Crippen LogP contribution in [0.25, 0.3) is 0 Å². The molecular formula is C62H77N5O15. The summed E-state index contributed by atoms with van der Waals surface area (Å²) in [7, 11) is 7.72. The van der Waals surface area contributed by atoms with E-state index < -0.39 is 53.7 Å². The van der Waals surface area contributed by atoms with Crippen molar-refractivity contribution >= 4 is 47.7 Å². The molecule has 0 aliphatic carbocycles. The van der Waals surface area contributed by atoms with Gasteiger partial charge in [0.15, 0.2) is 29.6 Å². The molecule has 0 aromatic heterocycles. The zero-order valence-electron chi connectivity index (χ0n) is 47.8. The Hall–Kier alpha value is -8.16. The molecule has 20 nitrogen and oxygen atoms in total. The van der Waals surface area contributed by atoms with Gasteiger partial charge < -0.3 is 58.8 Å². The van der Waals surface area contributed by atoms with Gasteiger partial charge in [0.25, 0.3) is 17.7 Å². The maximum Gasteiger partial charge on any atom is 0.329 e. The first-order valence-corrected chi connectivity index (χ1v) is 28.3. The monoisotopic (exact) mass is 1130 g/mol. The molecule has 4 aromatic carbocycles. The molecule has 2 unspecified atom stereocenters. The van der Waals surface area contributed by atoms with Gasteiger partial charge in [-0.2, -0.15) is 0 Å². The Labute approximate surface area is 479 Å². The fraction of sp³-hybridized carbons (Fsp3) is 0.484. The van der Waals surface area contributed by atoms with Crippen LogP contribution in [0.15, 0.2) is 72.8 Å². The third-order valence-corrected chi connectivity index (χ3v) is 15.4. The Kier molecular flexibility index (Phi) is 22.5. The zero-order valence-corrected chi connectivity index (χ0v) is 47.8. The number of fused-ring (bicyclic) bond motifs is 1. The minimum absolute atomic E-state index is 0.0524. The lowest BCUT2D eigenvalue weighted by molar-refractivity contribution is -0.162. The Morgan fingerprint density at radius 1 is 0.732 bits per heavy atom. The zero-order chi connectivity index (χ0) is 58.7. The SMILES string of the molecule is CC[C@H](C(=O)N1CCCC[C@H]1C(=O)O[C@H](CCc1ccc(OC)c(OC)c1)c1ccc(OCC(=O)NCCCCCCCCNC(=O)Cc2cccc3c2C(=O)N(C2CC(C=O)CNC2=O)C3=O)cc1)c1cc(OC)c(OC)c(OC)c1. The number of amides is 6. The highest BCUT2D eigenvalue weighted by Crippen LogP contribution is 2.42. The predicted molar refractivity (Wildman–Crippen MR) is 302 cm³/mol. The number of hydrogen-bond donors (Lipinski definition) is 3. The maximum absolute atomic E-state index is 14.5. The first-order valence-electron chi connectivity index (χ1n) is 28.3. The first-order chi connectivity index (χ1) is 39.8. The van der Waals surface area contributed by atoms with Crippen molar-refractivity contribution in [1.29, 1.82) is 0 Å². The molecule has 3 N–H and O–H groups in total. The lowest BCUT2D eigenvalue weighted by Crippen LogP contribution is -2.55. The summed E-state index contributed by atoms with van der Waals surface area (Å²) < 4.78 is 40.0. The molecule has 0 saturated carbocycles. The molecular weight excluding hydrogens is 1050 g/mol. The average molecular weight is 1130 g/mol. The summed E-state index contributed by atoms with van der Waals surface area (Å²) in [5.41, 5.74) is 2.99. The van der Waals surface area contributed by atoms with E-state index in [4.69, 9.17) is 33.2 Å². The predicted octanol–water partition coefficient (Wildman–Crippen LogP) is 7.02. The summed E-state index contributed by atoms with van der Waals surface area (Å²) in [4.78, 5) is 108. The van der Waals surface area contributed by atoms with E-state index in [1.54, 1.807) is 55.5 Å². The van der Waals surface area contributed by atoms with Gasteiger partial charge in [-0.1, -0.05) is 62.9 Å². The number of esters is 1. The second kappa shape index (κ2) is 30.1. The van der Waals surface area contributed by atoms with Gasteiger partial charge in [-0.15, -0.1) is 0 Å². The molecule has 0 radical (unpaired) electrons. The molecule has 2 fully saturated rings. The van der Waals surface area contributed by atoms with Gasteiger partial charge >= 0.3 is 5.97 Å². The number of aldehydes is 1. The second-order valence-electron chi connectivity index (χ2n) is 20.7. The van der Waals surface area contributed by atoms with Gasteiger partial charge in [-0.25, -0.2) is 4.79 Å². The summed E-state index contributed by atoms with van der Waals surface area (Å²) in [6.07, 6.45) is 8.51. The number of ether oxygens (including phenoxy) is 7. The van der Waals surface area contributed by atoms with E-state index in [1.165, 1.54) is 27.4 Å². The summed E-state index contributed by atoms with van der Waals surface area (Å²) in [5, 5.41) is 8.41. The molecule has 440 valence electrons. The fourth-order valence-electron chi connectivity index (χ4n) is 10.9. The summed E-state index contributed by atoms with van der Waals surface area (Å²) in [6.45, 7) is 3.23. The Balaban J connectivity index is 0.849. The molecule has 0 bridgehead atoms. The molecule has 82 heavy (non-hydrogen) atoms. The van der Waals surface area contributed by atoms with Crippen molar-refractivity contribution in [3.8, 4) is 34.5 Å². The lowest BCUT2D eigenvalue weighted by atomic mass is 9.91. The Bertz CT molecular complexity index is 2890. The van der Waals surface area contributed by atoms with Crippen molar-refractivity contribution in [2.45, 2.75) is 121 Å². The van der Waals surface area contributed by atoms with Crippen molar-refractivity contribution < 1.29 is 71.5 Å². The third kappa shape index (κ3) is 15.2. The highest BCUT2D eigenvalue weighted by Gasteiger charge is 2.46. The van der Waals surface area contributed by atoms with Crippen LogP contribution in [0.1, 0.15) is 139 Å². The standard InChI is InChI=1S/C62H77N5O15/c1-7-45(43-33-52(78-4)57(80-6)53(34-43)79-5)59(72)66-30-15-12-19-47(66)62(75)82-49(26-20-39-21-27-50(76-2)51(32-39)77-3)41-22-24-44(25-23-41)81-38-55(70)64-29-14-11-9-8-10-13-28-63-54(69)35-42-17-16-18-46-56(42)61(74)67(60(46)73)48-31-40(37-68)36-65-58(48)71/h16-18,21-25,27,32-34,37,40,45,47-49H,7-15,19-20,26,28-31,35-36,38H2,1-6H3,(H,63,69)(H,64,70)(H,65,71)/t40?,45-,47-,48?,49+/m0/s1. The summed E-state index contributed by atoms with van der Waals surface area (Å²) in [6, 6.07) is 19.2. The number of nitrogens with one attached hydrogen (secondary N) is 3. The first kappa shape index (κ1) is 61.5. The third-order valence-electron chi connectivity index (χ3n) is 15.4. The second-order valence-corrected chi connectivity index (χ2v) is 20.7. The van der Waals surface area contributed by atoms with E-state index >= 15 is 0 Å². The average Bonchev–Trinajstić information content (AvgIpc) is 4.00. The number of benzene rings is 4. The van der Waals surface area contributed by atoms with E-state index in [2.05, 4.69) is 16.0 Å². The van der Waals surface area contributed by atoms with E-state index in [9.17, 15) is 38.4 Å². The number of imide groups is 1. The molecule has 4 aromatic rings. The van der Waals surface area contributed by atoms with Crippen molar-refractivity contribution in [1.82, 2.24) is 25.8 Å². The highest BCUT2D eigenvalue weighted by molar-refractivity contribution is 6.23. The van der Waals surface area contributed by atoms with E-state index in [0.717, 1.165) is 67.4 Å². The van der Waals surface area contributed by atoms with Crippen LogP contribution < -0.4 is 44.4 Å². The van der Waals surface area contributed by atoms with E-state index in [0.29, 0.717) is 97.2 Å². The van der Waals surface area contributed by atoms with E-state index in [-0.39, 0.29) is 54.8 Å². The number of carbonyl (C=O) groups excluding carboxylic acids is 8. The number of methoxy groups -OCH3 is 5. The van der Waals surface area contributed by atoms with Crippen molar-refractivity contribution in [2.75, 3.05) is 68.3 Å². The molecule has 6 amide bonds. The maximum atomic E-state index is 14.5. The fourth-order valence-corrected chi connectivity index (χ4v) is 10.9. The Morgan fingerprint density at radius 2 is 1.40 bits per heavy atom. The summed E-state index contributed by atoms with van der Waals surface area (Å²) in [5.74, 6) is -1.16. The minimum atomic E-state index is -1.10. The molecule has 20 heteroatoms. The van der Waals surface area contributed by atoms with Gasteiger partial charge in [0.2, 0.25) is 23.5 Å². The highest BCUT2D eigenvalue weighted by atomic mass is 16.5. The molecule has 3 heterocycles. The summed E-state index contributed by atoms with van der Waals surface area (Å²) >= 11 is 0. The van der Waals surface area contributed by atoms with Gasteiger partial charge in [0.05, 0.1) is 59.0 Å². The van der Waals surface area contributed by atoms with Crippen LogP contribution in [0.5, 0.6) is 34.5 Å². The lowest BCUT2D eigenvalue weighted by Gasteiger charge is -2.37. The number of rotatable bonds is 30. The smallest absolute Gasteiger partial charge is 0.329 e. The molecule has 2 saturated heterocycles. The minimum Gasteiger partial charge on any atom is -0.493 e. The van der Waals surface area contributed by atoms with Crippen LogP contribution in [-0.4, -0.2) is 138 Å². The number of unbranched alkanes of at least 4 members (excludes halogenated alkanes) is 5. The van der Waals surface area contributed by atoms with Crippen LogP contribution in [0.4, 0.5) is 0 Å². The number of aryl methyl sites for hydroxylation is 1. The molecule has 3 aliphatic heterocycles. The normalized spacial score (nSPS) is 17.4. The van der Waals surface area contributed by atoms with Crippen LogP contribution in [0, 0.1) is 5.92 Å². The number of hydrogen-bond acceptors (Lipinski definition) is 15. The van der Waals surface area contributed by atoms with Crippen molar-refractivity contribution in [3.05, 3.63) is 106 Å². The number of nitrogens with zero attached hydrogens (tertiary/aromatic N) is 2. The van der Waals surface area contributed by atoms with Crippen molar-refractivity contribution in [2.24, 2.45) is 5.92 Å². The quantitative estimate of drug-likeness (QED) is 0.0206. The largest absolute Gasteiger partial charge is 0.493 e. The van der Waals surface area contributed by atoms with Crippen molar-refractivity contribution in [3.63, 3.8) is 0 Å². The van der Waals surface area contributed by atoms with Gasteiger partial charge in [-0.3, -0.25) is 33.7 Å². The van der Waals surface area contributed by atoms with Crippen LogP contribution >= 0.6 is 0 Å². The molecule has 7 rings (SSSR count). The molecule has 5 atom stereocenters. The van der Waals surface area contributed by atoms with Crippen LogP contribution in [0.2, 0.25) is 0 Å². The topological polar surface area (TPSA) is 244 Å². The van der Waals surface area contributed by atoms with Crippen LogP contribution in [-0.2, 0) is 46.3 Å².